The highest BCUT2D eigenvalue weighted by Crippen LogP contribution is 2.30. The molecule has 0 fully saturated rings. The maximum atomic E-state index is 14.0. The van der Waals surface area contributed by atoms with Gasteiger partial charge < -0.3 is 10.0 Å². The van der Waals surface area contributed by atoms with Crippen molar-refractivity contribution in [1.82, 2.24) is 0 Å². The predicted molar refractivity (Wildman–Crippen MR) is 72.8 cm³/mol. The van der Waals surface area contributed by atoms with Gasteiger partial charge in [0.1, 0.15) is 5.56 Å². The standard InChI is InChI=1S/C13H17FN2O4/c1-4-8(3)15(5-2)12-6-9(13(17)18)11(16(19)20)7-10(12)14/h6-8H,4-5H2,1-3H3,(H,17,18). The third-order valence-electron chi connectivity index (χ3n) is 3.27. The summed E-state index contributed by atoms with van der Waals surface area (Å²) >= 11 is 0. The Kier molecular flexibility index (Phi) is 5.01. The number of carboxylic acid groups (broad SMARTS) is 1. The van der Waals surface area contributed by atoms with E-state index in [9.17, 15) is 19.3 Å². The fraction of sp³-hybridized carbons (Fsp3) is 0.462. The monoisotopic (exact) mass is 284 g/mol. The summed E-state index contributed by atoms with van der Waals surface area (Å²) in [6.45, 7) is 6.09. The maximum absolute atomic E-state index is 14.0. The van der Waals surface area contributed by atoms with Crippen molar-refractivity contribution in [3.63, 3.8) is 0 Å². The number of carboxylic acids is 1. The average Bonchev–Trinajstić information content (AvgIpc) is 2.39. The number of halogens is 1. The maximum Gasteiger partial charge on any atom is 0.342 e. The van der Waals surface area contributed by atoms with Crippen molar-refractivity contribution in [2.45, 2.75) is 33.2 Å². The molecule has 0 aliphatic rings. The lowest BCUT2D eigenvalue weighted by atomic mass is 10.1. The lowest BCUT2D eigenvalue weighted by molar-refractivity contribution is -0.385. The van der Waals surface area contributed by atoms with Crippen molar-refractivity contribution in [1.29, 1.82) is 0 Å². The number of nitrogens with zero attached hydrogens (tertiary/aromatic N) is 2. The SMILES string of the molecule is CCC(C)N(CC)c1cc(C(=O)O)c([N+](=O)[O-])cc1F. The minimum absolute atomic E-state index is 0.00222. The Bertz CT molecular complexity index is 533. The number of nitro benzene ring substituents is 1. The molecule has 6 nitrogen and oxygen atoms in total. The number of aromatic carboxylic acids is 1. The van der Waals surface area contributed by atoms with Crippen molar-refractivity contribution >= 4 is 17.3 Å². The first-order chi connectivity index (χ1) is 9.33. The molecule has 7 heteroatoms. The molecular weight excluding hydrogens is 267 g/mol. The molecule has 1 aromatic carbocycles. The molecule has 0 bridgehead atoms. The second kappa shape index (κ2) is 6.31. The van der Waals surface area contributed by atoms with Gasteiger partial charge in [0.15, 0.2) is 5.82 Å². The molecule has 0 heterocycles. The molecule has 0 saturated carbocycles. The van der Waals surface area contributed by atoms with E-state index in [4.69, 9.17) is 5.11 Å². The van der Waals surface area contributed by atoms with Crippen molar-refractivity contribution in [2.75, 3.05) is 11.4 Å². The fourth-order valence-electron chi connectivity index (χ4n) is 2.03. The highest BCUT2D eigenvalue weighted by atomic mass is 19.1. The number of hydrogen-bond donors (Lipinski definition) is 1. The van der Waals surface area contributed by atoms with Crippen LogP contribution in [0, 0.1) is 15.9 Å². The molecule has 1 atom stereocenters. The van der Waals surface area contributed by atoms with Gasteiger partial charge in [0.2, 0.25) is 0 Å². The quantitative estimate of drug-likeness (QED) is 0.641. The van der Waals surface area contributed by atoms with Crippen LogP contribution in [-0.4, -0.2) is 28.6 Å². The van der Waals surface area contributed by atoms with Crippen LogP contribution in [0.15, 0.2) is 12.1 Å². The summed E-state index contributed by atoms with van der Waals surface area (Å²) in [6.07, 6.45) is 0.743. The Morgan fingerprint density at radius 1 is 1.50 bits per heavy atom. The van der Waals surface area contributed by atoms with E-state index in [1.807, 2.05) is 20.8 Å². The summed E-state index contributed by atoms with van der Waals surface area (Å²) in [7, 11) is 0. The summed E-state index contributed by atoms with van der Waals surface area (Å²) in [6, 6.07) is 1.70. The van der Waals surface area contributed by atoms with Gasteiger partial charge in [0.05, 0.1) is 16.7 Å². The lowest BCUT2D eigenvalue weighted by Gasteiger charge is -2.29. The van der Waals surface area contributed by atoms with Crippen LogP contribution in [0.4, 0.5) is 15.8 Å². The Morgan fingerprint density at radius 3 is 2.50 bits per heavy atom. The Morgan fingerprint density at radius 2 is 2.10 bits per heavy atom. The zero-order chi connectivity index (χ0) is 15.4. The van der Waals surface area contributed by atoms with Crippen LogP contribution < -0.4 is 4.90 Å². The van der Waals surface area contributed by atoms with Crippen LogP contribution in [0.1, 0.15) is 37.6 Å². The molecular formula is C13H17FN2O4. The third kappa shape index (κ3) is 3.04. The van der Waals surface area contributed by atoms with Gasteiger partial charge in [-0.25, -0.2) is 9.18 Å². The third-order valence-corrected chi connectivity index (χ3v) is 3.27. The first kappa shape index (κ1) is 15.9. The molecule has 1 rings (SSSR count). The molecule has 0 amide bonds. The van der Waals surface area contributed by atoms with Crippen molar-refractivity contribution < 1.29 is 19.2 Å². The minimum atomic E-state index is -1.45. The van der Waals surface area contributed by atoms with Gasteiger partial charge in [0, 0.05) is 12.6 Å². The van der Waals surface area contributed by atoms with E-state index in [1.165, 1.54) is 0 Å². The second-order valence-electron chi connectivity index (χ2n) is 4.43. The highest BCUT2D eigenvalue weighted by Gasteiger charge is 2.26. The van der Waals surface area contributed by atoms with Crippen molar-refractivity contribution in [3.05, 3.63) is 33.6 Å². The van der Waals surface area contributed by atoms with Crippen LogP contribution >= 0.6 is 0 Å². The van der Waals surface area contributed by atoms with Crippen LogP contribution in [0.2, 0.25) is 0 Å². The largest absolute Gasteiger partial charge is 0.477 e. The topological polar surface area (TPSA) is 83.7 Å². The smallest absolute Gasteiger partial charge is 0.342 e. The van der Waals surface area contributed by atoms with E-state index in [2.05, 4.69) is 0 Å². The Labute approximate surface area is 116 Å². The molecule has 1 N–H and O–H groups in total. The number of anilines is 1. The molecule has 0 spiro atoms. The summed E-state index contributed by atoms with van der Waals surface area (Å²) in [4.78, 5) is 22.7. The summed E-state index contributed by atoms with van der Waals surface area (Å²) in [5.41, 5.74) is -1.17. The summed E-state index contributed by atoms with van der Waals surface area (Å²) in [5, 5.41) is 19.8. The molecule has 0 aliphatic heterocycles. The average molecular weight is 284 g/mol. The van der Waals surface area contributed by atoms with Crippen LogP contribution in [0.5, 0.6) is 0 Å². The predicted octanol–water partition coefficient (Wildman–Crippen LogP) is 3.06. The molecule has 0 saturated heterocycles. The van der Waals surface area contributed by atoms with E-state index in [-0.39, 0.29) is 11.7 Å². The molecule has 0 radical (unpaired) electrons. The first-order valence-electron chi connectivity index (χ1n) is 6.31. The van der Waals surface area contributed by atoms with E-state index < -0.39 is 28.0 Å². The van der Waals surface area contributed by atoms with Gasteiger partial charge in [0.25, 0.3) is 5.69 Å². The van der Waals surface area contributed by atoms with Gasteiger partial charge in [-0.1, -0.05) is 6.92 Å². The number of nitro groups is 1. The van der Waals surface area contributed by atoms with Crippen LogP contribution in [-0.2, 0) is 0 Å². The summed E-state index contributed by atoms with van der Waals surface area (Å²) < 4.78 is 14.0. The van der Waals surface area contributed by atoms with Gasteiger partial charge in [-0.2, -0.15) is 0 Å². The molecule has 0 aromatic heterocycles. The minimum Gasteiger partial charge on any atom is -0.477 e. The van der Waals surface area contributed by atoms with Gasteiger partial charge in [-0.05, 0) is 26.3 Å². The van der Waals surface area contributed by atoms with Crippen LogP contribution in [0.25, 0.3) is 0 Å². The van der Waals surface area contributed by atoms with Crippen LogP contribution in [0.3, 0.4) is 0 Å². The van der Waals surface area contributed by atoms with Gasteiger partial charge in [-0.3, -0.25) is 10.1 Å². The number of benzene rings is 1. The molecule has 1 aromatic rings. The Balaban J connectivity index is 3.45. The number of hydrogen-bond acceptors (Lipinski definition) is 4. The molecule has 110 valence electrons. The van der Waals surface area contributed by atoms with E-state index in [0.29, 0.717) is 12.6 Å². The van der Waals surface area contributed by atoms with Gasteiger partial charge >= 0.3 is 5.97 Å². The first-order valence-corrected chi connectivity index (χ1v) is 6.31. The molecule has 20 heavy (non-hydrogen) atoms. The number of rotatable bonds is 6. The fourth-order valence-corrected chi connectivity index (χ4v) is 2.03. The van der Waals surface area contributed by atoms with Crippen molar-refractivity contribution in [3.8, 4) is 0 Å². The Hall–Kier alpha value is -2.18. The number of carbonyl (C=O) groups is 1. The summed E-state index contributed by atoms with van der Waals surface area (Å²) in [5.74, 6) is -2.23. The molecule has 0 aliphatic carbocycles. The highest BCUT2D eigenvalue weighted by molar-refractivity contribution is 5.93. The lowest BCUT2D eigenvalue weighted by Crippen LogP contribution is -2.33. The van der Waals surface area contributed by atoms with E-state index in [1.54, 1.807) is 4.90 Å². The second-order valence-corrected chi connectivity index (χ2v) is 4.43. The zero-order valence-electron chi connectivity index (χ0n) is 11.6. The normalized spacial score (nSPS) is 12.0. The van der Waals surface area contributed by atoms with Crippen molar-refractivity contribution in [2.24, 2.45) is 0 Å². The van der Waals surface area contributed by atoms with Gasteiger partial charge in [-0.15, -0.1) is 0 Å². The van der Waals surface area contributed by atoms with E-state index >= 15 is 0 Å². The van der Waals surface area contributed by atoms with E-state index in [0.717, 1.165) is 12.5 Å². The zero-order valence-corrected chi connectivity index (χ0v) is 11.6. The molecule has 1 unspecified atom stereocenters.